The third kappa shape index (κ3) is 3.67. The number of pyridine rings is 1. The van der Waals surface area contributed by atoms with Gasteiger partial charge in [-0.2, -0.15) is 0 Å². The number of nitrogens with one attached hydrogen (secondary N) is 1. The van der Waals surface area contributed by atoms with Gasteiger partial charge in [-0.05, 0) is 19.1 Å². The number of rotatable bonds is 4. The maximum atomic E-state index is 11.5. The van der Waals surface area contributed by atoms with E-state index < -0.39 is 0 Å². The molecule has 0 aliphatic carbocycles. The number of carbonyl (C=O) groups is 1. The summed E-state index contributed by atoms with van der Waals surface area (Å²) in [7, 11) is 3.50. The molecule has 4 nitrogen and oxygen atoms in total. The second-order valence-electron chi connectivity index (χ2n) is 3.66. The third-order valence-corrected chi connectivity index (χ3v) is 2.13. The number of hydrogen-bond donors (Lipinski definition) is 1. The molecule has 1 aromatic rings. The fourth-order valence-electron chi connectivity index (χ4n) is 1.23. The quantitative estimate of drug-likeness (QED) is 0.788. The van der Waals surface area contributed by atoms with E-state index in [1.54, 1.807) is 25.2 Å². The Morgan fingerprint density at radius 1 is 1.53 bits per heavy atom. The molecule has 0 saturated heterocycles. The van der Waals surface area contributed by atoms with Crippen LogP contribution in [0.1, 0.15) is 12.6 Å². The smallest absolute Gasteiger partial charge is 0.238 e. The number of aromatic nitrogens is 1. The number of hydrogen-bond acceptors (Lipinski definition) is 3. The van der Waals surface area contributed by atoms with Crippen molar-refractivity contribution in [2.75, 3.05) is 14.1 Å². The maximum absolute atomic E-state index is 11.5. The molecular formula is C11H17N3O. The van der Waals surface area contributed by atoms with Crippen molar-refractivity contribution in [3.8, 4) is 0 Å². The van der Waals surface area contributed by atoms with Crippen LogP contribution in [0.25, 0.3) is 0 Å². The number of likely N-dealkylation sites (N-methyl/N-ethyl adjacent to an activating group) is 1. The van der Waals surface area contributed by atoms with Crippen molar-refractivity contribution < 1.29 is 4.79 Å². The average Bonchev–Trinajstić information content (AvgIpc) is 2.26. The van der Waals surface area contributed by atoms with Crippen molar-refractivity contribution in [2.45, 2.75) is 19.5 Å². The molecule has 1 unspecified atom stereocenters. The second-order valence-corrected chi connectivity index (χ2v) is 3.66. The van der Waals surface area contributed by atoms with Gasteiger partial charge in [0, 0.05) is 26.8 Å². The van der Waals surface area contributed by atoms with Gasteiger partial charge in [0.1, 0.15) is 0 Å². The van der Waals surface area contributed by atoms with Gasteiger partial charge in [-0.3, -0.25) is 9.78 Å². The molecule has 0 bridgehead atoms. The highest BCUT2D eigenvalue weighted by Gasteiger charge is 2.13. The van der Waals surface area contributed by atoms with Gasteiger partial charge in [0.15, 0.2) is 0 Å². The van der Waals surface area contributed by atoms with Crippen molar-refractivity contribution in [3.05, 3.63) is 30.1 Å². The van der Waals surface area contributed by atoms with Gasteiger partial charge in [0.2, 0.25) is 5.91 Å². The van der Waals surface area contributed by atoms with Crippen LogP contribution in [0, 0.1) is 0 Å². The largest absolute Gasteiger partial charge is 0.347 e. The average molecular weight is 207 g/mol. The molecule has 0 fully saturated rings. The SMILES string of the molecule is CC(NCc1ccccn1)C(=O)N(C)C. The van der Waals surface area contributed by atoms with Crippen LogP contribution in [-0.4, -0.2) is 35.9 Å². The second kappa shape index (κ2) is 5.46. The molecule has 0 aliphatic heterocycles. The van der Waals surface area contributed by atoms with Crippen LogP contribution in [-0.2, 0) is 11.3 Å². The highest BCUT2D eigenvalue weighted by molar-refractivity contribution is 5.80. The predicted octanol–water partition coefficient (Wildman–Crippen LogP) is 0.648. The van der Waals surface area contributed by atoms with Gasteiger partial charge in [-0.25, -0.2) is 0 Å². The Morgan fingerprint density at radius 2 is 2.27 bits per heavy atom. The number of nitrogens with zero attached hydrogens (tertiary/aromatic N) is 2. The zero-order chi connectivity index (χ0) is 11.3. The van der Waals surface area contributed by atoms with Crippen LogP contribution in [0.15, 0.2) is 24.4 Å². The minimum Gasteiger partial charge on any atom is -0.347 e. The Bertz CT molecular complexity index is 311. The first kappa shape index (κ1) is 11.7. The molecule has 0 aromatic carbocycles. The summed E-state index contributed by atoms with van der Waals surface area (Å²) in [4.78, 5) is 17.3. The van der Waals surface area contributed by atoms with Crippen LogP contribution < -0.4 is 5.32 Å². The Kier molecular flexibility index (Phi) is 4.24. The lowest BCUT2D eigenvalue weighted by Crippen LogP contribution is -2.41. The molecule has 15 heavy (non-hydrogen) atoms. The molecular weight excluding hydrogens is 190 g/mol. The van der Waals surface area contributed by atoms with Gasteiger partial charge in [-0.1, -0.05) is 6.07 Å². The van der Waals surface area contributed by atoms with Crippen molar-refractivity contribution in [2.24, 2.45) is 0 Å². The molecule has 0 aliphatic rings. The van der Waals surface area contributed by atoms with E-state index in [2.05, 4.69) is 10.3 Å². The first-order valence-electron chi connectivity index (χ1n) is 4.95. The fraction of sp³-hybridized carbons (Fsp3) is 0.455. The maximum Gasteiger partial charge on any atom is 0.238 e. The van der Waals surface area contributed by atoms with Gasteiger partial charge in [0.25, 0.3) is 0 Å². The lowest BCUT2D eigenvalue weighted by atomic mass is 10.3. The summed E-state index contributed by atoms with van der Waals surface area (Å²) in [5.74, 6) is 0.0749. The topological polar surface area (TPSA) is 45.2 Å². The summed E-state index contributed by atoms with van der Waals surface area (Å²) in [6, 6.07) is 5.56. The molecule has 1 heterocycles. The lowest BCUT2D eigenvalue weighted by molar-refractivity contribution is -0.130. The summed E-state index contributed by atoms with van der Waals surface area (Å²) in [6.07, 6.45) is 1.75. The van der Waals surface area contributed by atoms with Gasteiger partial charge >= 0.3 is 0 Å². The van der Waals surface area contributed by atoms with Crippen molar-refractivity contribution in [1.29, 1.82) is 0 Å². The summed E-state index contributed by atoms with van der Waals surface area (Å²) in [5.41, 5.74) is 0.941. The summed E-state index contributed by atoms with van der Waals surface area (Å²) in [5, 5.41) is 3.13. The highest BCUT2D eigenvalue weighted by atomic mass is 16.2. The lowest BCUT2D eigenvalue weighted by Gasteiger charge is -2.17. The van der Waals surface area contributed by atoms with Gasteiger partial charge < -0.3 is 10.2 Å². The van der Waals surface area contributed by atoms with E-state index in [1.165, 1.54) is 0 Å². The first-order chi connectivity index (χ1) is 7.11. The Hall–Kier alpha value is -1.42. The molecule has 0 spiro atoms. The van der Waals surface area contributed by atoms with Crippen LogP contribution in [0.2, 0.25) is 0 Å². The molecule has 0 saturated carbocycles. The molecule has 4 heteroatoms. The number of amides is 1. The third-order valence-electron chi connectivity index (χ3n) is 2.13. The van der Waals surface area contributed by atoms with Gasteiger partial charge in [0.05, 0.1) is 11.7 Å². The zero-order valence-corrected chi connectivity index (χ0v) is 9.40. The van der Waals surface area contributed by atoms with E-state index >= 15 is 0 Å². The van der Waals surface area contributed by atoms with Crippen molar-refractivity contribution in [3.63, 3.8) is 0 Å². The molecule has 0 radical (unpaired) electrons. The van der Waals surface area contributed by atoms with E-state index in [0.29, 0.717) is 6.54 Å². The minimum atomic E-state index is -0.179. The van der Waals surface area contributed by atoms with Crippen molar-refractivity contribution in [1.82, 2.24) is 15.2 Å². The Balaban J connectivity index is 2.41. The monoisotopic (exact) mass is 207 g/mol. The summed E-state index contributed by atoms with van der Waals surface area (Å²) in [6.45, 7) is 2.47. The van der Waals surface area contributed by atoms with Crippen molar-refractivity contribution >= 4 is 5.91 Å². The first-order valence-corrected chi connectivity index (χ1v) is 4.95. The fourth-order valence-corrected chi connectivity index (χ4v) is 1.23. The Labute approximate surface area is 90.3 Å². The normalized spacial score (nSPS) is 12.2. The minimum absolute atomic E-state index is 0.0749. The van der Waals surface area contributed by atoms with E-state index in [0.717, 1.165) is 5.69 Å². The van der Waals surface area contributed by atoms with Crippen LogP contribution in [0.5, 0.6) is 0 Å². The standard InChI is InChI=1S/C11H17N3O/c1-9(11(15)14(2)3)13-8-10-6-4-5-7-12-10/h4-7,9,13H,8H2,1-3H3. The van der Waals surface area contributed by atoms with E-state index in [-0.39, 0.29) is 11.9 Å². The number of carbonyl (C=O) groups excluding carboxylic acids is 1. The molecule has 1 aromatic heterocycles. The summed E-state index contributed by atoms with van der Waals surface area (Å²) < 4.78 is 0. The molecule has 1 rings (SSSR count). The van der Waals surface area contributed by atoms with Crippen LogP contribution in [0.3, 0.4) is 0 Å². The van der Waals surface area contributed by atoms with E-state index in [1.807, 2.05) is 25.1 Å². The molecule has 1 atom stereocenters. The predicted molar refractivity (Wildman–Crippen MR) is 59.2 cm³/mol. The van der Waals surface area contributed by atoms with Crippen LogP contribution >= 0.6 is 0 Å². The summed E-state index contributed by atoms with van der Waals surface area (Å²) >= 11 is 0. The zero-order valence-electron chi connectivity index (χ0n) is 9.40. The van der Waals surface area contributed by atoms with Gasteiger partial charge in [-0.15, -0.1) is 0 Å². The van der Waals surface area contributed by atoms with E-state index in [9.17, 15) is 4.79 Å². The molecule has 82 valence electrons. The van der Waals surface area contributed by atoms with E-state index in [4.69, 9.17) is 0 Å². The Morgan fingerprint density at radius 3 is 2.80 bits per heavy atom. The van der Waals surface area contributed by atoms with Crippen LogP contribution in [0.4, 0.5) is 0 Å². The molecule has 1 amide bonds. The molecule has 1 N–H and O–H groups in total. The highest BCUT2D eigenvalue weighted by Crippen LogP contribution is 1.95.